The van der Waals surface area contributed by atoms with Gasteiger partial charge in [-0.3, -0.25) is 0 Å². The highest BCUT2D eigenvalue weighted by atomic mass is 16.5. The van der Waals surface area contributed by atoms with Crippen LogP contribution in [0.2, 0.25) is 0 Å². The molecule has 0 rings (SSSR count). The molecule has 0 aromatic heterocycles. The number of esters is 1. The zero-order valence-corrected chi connectivity index (χ0v) is 9.76. The minimum absolute atomic E-state index is 0.275. The normalized spacial score (nSPS) is 10.5. The van der Waals surface area contributed by atoms with Gasteiger partial charge in [-0.15, -0.1) is 0 Å². The molecule has 0 amide bonds. The summed E-state index contributed by atoms with van der Waals surface area (Å²) >= 11 is 0. The second kappa shape index (κ2) is 5.68. The smallest absolute Gasteiger partial charge is 0.354 e. The first kappa shape index (κ1) is 13.0. The highest BCUT2D eigenvalue weighted by Crippen LogP contribution is 2.21. The summed E-state index contributed by atoms with van der Waals surface area (Å²) in [6.07, 6.45) is 0. The van der Waals surface area contributed by atoms with Gasteiger partial charge in [-0.25, -0.2) is 4.79 Å². The molecule has 0 aromatic rings. The van der Waals surface area contributed by atoms with Crippen LogP contribution in [0.1, 0.15) is 34.6 Å². The first-order chi connectivity index (χ1) is 6.41. The molecule has 0 radical (unpaired) electrons. The molecular weight excluding hydrogens is 178 g/mol. The van der Waals surface area contributed by atoms with Crippen molar-refractivity contribution in [1.82, 2.24) is 0 Å². The lowest BCUT2D eigenvalue weighted by Crippen LogP contribution is -2.21. The fraction of sp³-hybridized carbons (Fsp3) is 0.727. The van der Waals surface area contributed by atoms with Crippen LogP contribution in [0.5, 0.6) is 0 Å². The quantitative estimate of drug-likeness (QED) is 0.557. The first-order valence-corrected chi connectivity index (χ1v) is 5.08. The van der Waals surface area contributed by atoms with Gasteiger partial charge in [0.15, 0.2) is 0 Å². The average Bonchev–Trinajstić information content (AvgIpc) is 2.03. The third-order valence-corrected chi connectivity index (χ3v) is 2.05. The molecule has 0 aliphatic heterocycles. The van der Waals surface area contributed by atoms with E-state index < -0.39 is 5.97 Å². The number of hydrogen-bond acceptors (Lipinski definition) is 3. The Morgan fingerprint density at radius 1 is 1.21 bits per heavy atom. The summed E-state index contributed by atoms with van der Waals surface area (Å²) < 4.78 is 4.86. The lowest BCUT2D eigenvalue weighted by molar-refractivity contribution is -0.138. The van der Waals surface area contributed by atoms with Gasteiger partial charge in [0.2, 0.25) is 0 Å². The number of hydrogen-bond donors (Lipinski definition) is 1. The van der Waals surface area contributed by atoms with Crippen LogP contribution in [0.3, 0.4) is 0 Å². The Bertz CT molecular complexity index is 219. The molecule has 0 aromatic carbocycles. The Morgan fingerprint density at radius 3 is 1.93 bits per heavy atom. The van der Waals surface area contributed by atoms with Crippen molar-refractivity contribution in [3.8, 4) is 0 Å². The molecule has 0 fully saturated rings. The number of carbonyl (C=O) groups excluding carboxylic acids is 1. The van der Waals surface area contributed by atoms with Crippen LogP contribution in [-0.2, 0) is 9.53 Å². The van der Waals surface area contributed by atoms with Crippen molar-refractivity contribution in [2.45, 2.75) is 34.6 Å². The first-order valence-electron chi connectivity index (χ1n) is 5.08. The van der Waals surface area contributed by atoms with Gasteiger partial charge in [0.05, 0.1) is 6.61 Å². The fourth-order valence-electron chi connectivity index (χ4n) is 1.62. The number of carbonyl (C=O) groups is 1. The van der Waals surface area contributed by atoms with Crippen LogP contribution in [-0.4, -0.2) is 12.6 Å². The molecule has 2 N–H and O–H groups in total. The number of nitrogens with two attached hydrogens (primary N) is 1. The maximum Gasteiger partial charge on any atom is 0.354 e. The van der Waals surface area contributed by atoms with Crippen molar-refractivity contribution >= 4 is 5.97 Å². The molecule has 0 saturated heterocycles. The van der Waals surface area contributed by atoms with E-state index in [2.05, 4.69) is 0 Å². The molecule has 0 bridgehead atoms. The molecule has 0 saturated carbocycles. The second-order valence-corrected chi connectivity index (χ2v) is 3.90. The molecule has 0 atom stereocenters. The van der Waals surface area contributed by atoms with Gasteiger partial charge in [0.25, 0.3) is 0 Å². The molecule has 0 aliphatic rings. The minimum Gasteiger partial charge on any atom is -0.461 e. The van der Waals surface area contributed by atoms with Crippen LogP contribution in [0, 0.1) is 11.8 Å². The Balaban J connectivity index is 4.90. The van der Waals surface area contributed by atoms with Crippen molar-refractivity contribution in [3.63, 3.8) is 0 Å². The topological polar surface area (TPSA) is 52.3 Å². The van der Waals surface area contributed by atoms with E-state index in [0.717, 1.165) is 5.57 Å². The predicted octanol–water partition coefficient (Wildman–Crippen LogP) is 2.07. The zero-order chi connectivity index (χ0) is 11.3. The summed E-state index contributed by atoms with van der Waals surface area (Å²) in [4.78, 5) is 11.4. The standard InChI is InChI=1S/C11H21NO2/c1-6-14-11(13)10(12)9(7(2)3)8(4)5/h7-8H,6,12H2,1-5H3. The Hall–Kier alpha value is -0.990. The van der Waals surface area contributed by atoms with Gasteiger partial charge < -0.3 is 10.5 Å². The summed E-state index contributed by atoms with van der Waals surface area (Å²) in [5, 5.41) is 0. The van der Waals surface area contributed by atoms with Crippen molar-refractivity contribution < 1.29 is 9.53 Å². The third kappa shape index (κ3) is 3.40. The molecule has 82 valence electrons. The largest absolute Gasteiger partial charge is 0.461 e. The molecule has 0 spiro atoms. The molecule has 0 aliphatic carbocycles. The van der Waals surface area contributed by atoms with E-state index in [4.69, 9.17) is 10.5 Å². The molecule has 3 heteroatoms. The summed E-state index contributed by atoms with van der Waals surface area (Å²) in [7, 11) is 0. The SMILES string of the molecule is CCOC(=O)C(N)=C(C(C)C)C(C)C. The van der Waals surface area contributed by atoms with Gasteiger partial charge in [-0.05, 0) is 24.3 Å². The highest BCUT2D eigenvalue weighted by Gasteiger charge is 2.18. The van der Waals surface area contributed by atoms with Crippen LogP contribution < -0.4 is 5.73 Å². The Kier molecular flexibility index (Phi) is 5.28. The van der Waals surface area contributed by atoms with Crippen molar-refractivity contribution in [2.75, 3.05) is 6.61 Å². The van der Waals surface area contributed by atoms with Gasteiger partial charge in [0.1, 0.15) is 5.70 Å². The van der Waals surface area contributed by atoms with Crippen LogP contribution in [0.25, 0.3) is 0 Å². The molecule has 14 heavy (non-hydrogen) atoms. The van der Waals surface area contributed by atoms with Crippen molar-refractivity contribution in [1.29, 1.82) is 0 Å². The van der Waals surface area contributed by atoms with Crippen molar-refractivity contribution in [3.05, 3.63) is 11.3 Å². The van der Waals surface area contributed by atoms with E-state index in [-0.39, 0.29) is 17.5 Å². The van der Waals surface area contributed by atoms with E-state index in [9.17, 15) is 4.79 Å². The Morgan fingerprint density at radius 2 is 1.64 bits per heavy atom. The van der Waals surface area contributed by atoms with Gasteiger partial charge in [0, 0.05) is 0 Å². The fourth-order valence-corrected chi connectivity index (χ4v) is 1.62. The average molecular weight is 199 g/mol. The maximum absolute atomic E-state index is 11.4. The number of ether oxygens (including phenoxy) is 1. The van der Waals surface area contributed by atoms with Crippen LogP contribution in [0.15, 0.2) is 11.3 Å². The molecular formula is C11H21NO2. The zero-order valence-electron chi connectivity index (χ0n) is 9.76. The van der Waals surface area contributed by atoms with Gasteiger partial charge in [-0.2, -0.15) is 0 Å². The summed E-state index contributed by atoms with van der Waals surface area (Å²) in [6, 6.07) is 0. The monoisotopic (exact) mass is 199 g/mol. The lowest BCUT2D eigenvalue weighted by atomic mass is 9.91. The summed E-state index contributed by atoms with van der Waals surface area (Å²) in [5.41, 5.74) is 7.00. The maximum atomic E-state index is 11.4. The number of rotatable bonds is 4. The van der Waals surface area contributed by atoms with E-state index in [0.29, 0.717) is 6.61 Å². The molecule has 0 unspecified atom stereocenters. The highest BCUT2D eigenvalue weighted by molar-refractivity contribution is 5.88. The van der Waals surface area contributed by atoms with Crippen LogP contribution in [0.4, 0.5) is 0 Å². The third-order valence-electron chi connectivity index (χ3n) is 2.05. The molecule has 0 heterocycles. The van der Waals surface area contributed by atoms with Gasteiger partial charge >= 0.3 is 5.97 Å². The van der Waals surface area contributed by atoms with Gasteiger partial charge in [-0.1, -0.05) is 27.7 Å². The van der Waals surface area contributed by atoms with E-state index in [1.165, 1.54) is 0 Å². The van der Waals surface area contributed by atoms with E-state index >= 15 is 0 Å². The minimum atomic E-state index is -0.398. The predicted molar refractivity (Wildman–Crippen MR) is 57.5 cm³/mol. The Labute approximate surface area is 86.3 Å². The second-order valence-electron chi connectivity index (χ2n) is 3.90. The van der Waals surface area contributed by atoms with Crippen LogP contribution >= 0.6 is 0 Å². The van der Waals surface area contributed by atoms with Crippen molar-refractivity contribution in [2.24, 2.45) is 17.6 Å². The summed E-state index contributed by atoms with van der Waals surface area (Å²) in [5.74, 6) is 0.156. The van der Waals surface area contributed by atoms with E-state index in [1.807, 2.05) is 27.7 Å². The lowest BCUT2D eigenvalue weighted by Gasteiger charge is -2.18. The molecule has 3 nitrogen and oxygen atoms in total. The van der Waals surface area contributed by atoms with E-state index in [1.54, 1.807) is 6.92 Å². The summed E-state index contributed by atoms with van der Waals surface area (Å²) in [6.45, 7) is 10.3. The number of allylic oxidation sites excluding steroid dienone is 1.